The lowest BCUT2D eigenvalue weighted by Gasteiger charge is -2.34. The number of nitrogens with zero attached hydrogens (tertiary/aromatic N) is 3. The summed E-state index contributed by atoms with van der Waals surface area (Å²) in [6.07, 6.45) is 0. The van der Waals surface area contributed by atoms with Crippen molar-refractivity contribution in [3.63, 3.8) is 0 Å². The molecule has 0 unspecified atom stereocenters. The molecule has 0 bridgehead atoms. The number of hydrogen-bond donors (Lipinski definition) is 2. The van der Waals surface area contributed by atoms with E-state index in [2.05, 4.69) is 10.2 Å². The Morgan fingerprint density at radius 1 is 1.00 bits per heavy atom. The highest BCUT2D eigenvalue weighted by Gasteiger charge is 2.34. The van der Waals surface area contributed by atoms with E-state index in [1.165, 1.54) is 4.90 Å². The average molecular weight is 345 g/mol. The van der Waals surface area contributed by atoms with Gasteiger partial charge in [-0.25, -0.2) is 4.79 Å². The van der Waals surface area contributed by atoms with Gasteiger partial charge in [-0.2, -0.15) is 0 Å². The second-order valence-electron chi connectivity index (χ2n) is 6.16. The summed E-state index contributed by atoms with van der Waals surface area (Å²) in [6, 6.07) is 6.60. The van der Waals surface area contributed by atoms with E-state index in [0.29, 0.717) is 30.8 Å². The van der Waals surface area contributed by atoms with E-state index in [1.54, 1.807) is 29.2 Å². The normalized spacial score (nSPS) is 17.8. The summed E-state index contributed by atoms with van der Waals surface area (Å²) >= 11 is 0. The predicted molar refractivity (Wildman–Crippen MR) is 92.3 cm³/mol. The number of carbonyl (C=O) groups excluding carboxylic acids is 3. The first-order chi connectivity index (χ1) is 12.1. The summed E-state index contributed by atoms with van der Waals surface area (Å²) in [7, 11) is 0. The van der Waals surface area contributed by atoms with Crippen molar-refractivity contribution in [2.45, 2.75) is 0 Å². The minimum absolute atomic E-state index is 0.163. The molecule has 1 saturated heterocycles. The smallest absolute Gasteiger partial charge is 0.317 e. The Morgan fingerprint density at radius 3 is 2.16 bits per heavy atom. The molecule has 3 N–H and O–H groups in total. The number of imide groups is 1. The van der Waals surface area contributed by atoms with Gasteiger partial charge in [0.2, 0.25) is 0 Å². The molecule has 25 heavy (non-hydrogen) atoms. The van der Waals surface area contributed by atoms with Gasteiger partial charge in [0.15, 0.2) is 0 Å². The highest BCUT2D eigenvalue weighted by molar-refractivity contribution is 6.21. The fourth-order valence-corrected chi connectivity index (χ4v) is 3.19. The molecule has 1 aromatic rings. The molecule has 8 nitrogen and oxygen atoms in total. The van der Waals surface area contributed by atoms with Gasteiger partial charge in [0.1, 0.15) is 0 Å². The van der Waals surface area contributed by atoms with Crippen molar-refractivity contribution in [3.05, 3.63) is 35.4 Å². The summed E-state index contributed by atoms with van der Waals surface area (Å²) in [5.41, 5.74) is 6.39. The maximum absolute atomic E-state index is 12.2. The highest BCUT2D eigenvalue weighted by atomic mass is 16.2. The van der Waals surface area contributed by atoms with Crippen LogP contribution in [0.5, 0.6) is 0 Å². The summed E-state index contributed by atoms with van der Waals surface area (Å²) < 4.78 is 0. The third-order valence-corrected chi connectivity index (χ3v) is 4.59. The Balaban J connectivity index is 1.45. The third-order valence-electron chi connectivity index (χ3n) is 4.59. The van der Waals surface area contributed by atoms with Gasteiger partial charge in [-0.1, -0.05) is 12.1 Å². The molecule has 2 aliphatic heterocycles. The minimum Gasteiger partial charge on any atom is -0.336 e. The van der Waals surface area contributed by atoms with Gasteiger partial charge >= 0.3 is 6.03 Å². The number of piperazine rings is 1. The second kappa shape index (κ2) is 7.62. The van der Waals surface area contributed by atoms with E-state index in [9.17, 15) is 14.4 Å². The Kier molecular flexibility index (Phi) is 5.30. The Bertz CT molecular complexity index is 635. The van der Waals surface area contributed by atoms with Crippen LogP contribution in [-0.2, 0) is 0 Å². The van der Waals surface area contributed by atoms with E-state index in [-0.39, 0.29) is 30.9 Å². The number of hydrogen-bond acceptors (Lipinski definition) is 5. The number of amides is 4. The number of benzene rings is 1. The van der Waals surface area contributed by atoms with Gasteiger partial charge < -0.3 is 16.0 Å². The molecule has 1 aromatic carbocycles. The summed E-state index contributed by atoms with van der Waals surface area (Å²) in [6.45, 7) is 4.80. The fraction of sp³-hybridized carbons (Fsp3) is 0.471. The second-order valence-corrected chi connectivity index (χ2v) is 6.16. The number of urea groups is 1. The third kappa shape index (κ3) is 3.64. The zero-order chi connectivity index (χ0) is 17.8. The summed E-state index contributed by atoms with van der Waals surface area (Å²) in [5, 5.41) is 2.79. The monoisotopic (exact) mass is 345 g/mol. The molecule has 8 heteroatoms. The van der Waals surface area contributed by atoms with Crippen LogP contribution in [-0.4, -0.2) is 84.9 Å². The van der Waals surface area contributed by atoms with E-state index < -0.39 is 0 Å². The van der Waals surface area contributed by atoms with Crippen molar-refractivity contribution < 1.29 is 14.4 Å². The number of carbonyl (C=O) groups is 3. The van der Waals surface area contributed by atoms with Crippen molar-refractivity contribution in [1.82, 2.24) is 20.0 Å². The highest BCUT2D eigenvalue weighted by Crippen LogP contribution is 2.21. The predicted octanol–water partition coefficient (Wildman–Crippen LogP) is -0.431. The largest absolute Gasteiger partial charge is 0.336 e. The van der Waals surface area contributed by atoms with E-state index in [4.69, 9.17) is 5.73 Å². The molecule has 1 fully saturated rings. The lowest BCUT2D eigenvalue weighted by Crippen LogP contribution is -2.53. The number of rotatable bonds is 5. The summed E-state index contributed by atoms with van der Waals surface area (Å²) in [4.78, 5) is 41.9. The molecular weight excluding hydrogens is 322 g/mol. The van der Waals surface area contributed by atoms with Crippen molar-refractivity contribution in [2.24, 2.45) is 5.73 Å². The van der Waals surface area contributed by atoms with Crippen LogP contribution in [0, 0.1) is 0 Å². The molecule has 134 valence electrons. The Labute approximate surface area is 146 Å². The van der Waals surface area contributed by atoms with E-state index >= 15 is 0 Å². The first-order valence-electron chi connectivity index (χ1n) is 8.52. The summed E-state index contributed by atoms with van der Waals surface area (Å²) in [5.74, 6) is -0.601. The fourth-order valence-electron chi connectivity index (χ4n) is 3.19. The standard InChI is InChI=1S/C17H23N5O3/c18-5-7-20-9-11-21(12-10-20)17(25)19-6-8-22-15(23)13-3-1-2-4-14(13)16(22)24/h1-4H,5-12,18H2,(H,19,25). The van der Waals surface area contributed by atoms with Gasteiger partial charge in [-0.15, -0.1) is 0 Å². The molecule has 0 atom stereocenters. The molecule has 0 radical (unpaired) electrons. The molecule has 2 heterocycles. The quantitative estimate of drug-likeness (QED) is 0.706. The van der Waals surface area contributed by atoms with Crippen molar-refractivity contribution >= 4 is 17.8 Å². The maximum Gasteiger partial charge on any atom is 0.317 e. The van der Waals surface area contributed by atoms with E-state index in [0.717, 1.165) is 19.6 Å². The first-order valence-corrected chi connectivity index (χ1v) is 8.52. The lowest BCUT2D eigenvalue weighted by atomic mass is 10.1. The maximum atomic E-state index is 12.2. The first kappa shape index (κ1) is 17.4. The van der Waals surface area contributed by atoms with Crippen LogP contribution in [0.25, 0.3) is 0 Å². The molecule has 4 amide bonds. The van der Waals surface area contributed by atoms with E-state index in [1.807, 2.05) is 0 Å². The number of fused-ring (bicyclic) bond motifs is 1. The van der Waals surface area contributed by atoms with Crippen molar-refractivity contribution in [3.8, 4) is 0 Å². The van der Waals surface area contributed by atoms with Crippen LogP contribution in [0.2, 0.25) is 0 Å². The Hall–Kier alpha value is -2.45. The van der Waals surface area contributed by atoms with Crippen LogP contribution in [0.3, 0.4) is 0 Å². The molecule has 0 saturated carbocycles. The Morgan fingerprint density at radius 2 is 1.60 bits per heavy atom. The molecule has 0 aliphatic carbocycles. The van der Waals surface area contributed by atoms with Crippen LogP contribution in [0.15, 0.2) is 24.3 Å². The van der Waals surface area contributed by atoms with Crippen LogP contribution in [0.1, 0.15) is 20.7 Å². The van der Waals surface area contributed by atoms with Gasteiger partial charge in [0.25, 0.3) is 11.8 Å². The SMILES string of the molecule is NCCN1CCN(C(=O)NCCN2C(=O)c3ccccc3C2=O)CC1. The van der Waals surface area contributed by atoms with Gasteiger partial charge in [0.05, 0.1) is 11.1 Å². The lowest BCUT2D eigenvalue weighted by molar-refractivity contribution is 0.0654. The molecular formula is C17H23N5O3. The molecule has 3 rings (SSSR count). The molecule has 2 aliphatic rings. The average Bonchev–Trinajstić information content (AvgIpc) is 2.88. The van der Waals surface area contributed by atoms with Crippen LogP contribution >= 0.6 is 0 Å². The van der Waals surface area contributed by atoms with Crippen LogP contribution in [0.4, 0.5) is 4.79 Å². The zero-order valence-corrected chi connectivity index (χ0v) is 14.1. The van der Waals surface area contributed by atoms with Gasteiger partial charge in [0, 0.05) is 52.4 Å². The van der Waals surface area contributed by atoms with Crippen LogP contribution < -0.4 is 11.1 Å². The van der Waals surface area contributed by atoms with Gasteiger partial charge in [-0.3, -0.25) is 19.4 Å². The minimum atomic E-state index is -0.301. The number of nitrogens with one attached hydrogen (secondary N) is 1. The van der Waals surface area contributed by atoms with Crippen molar-refractivity contribution in [1.29, 1.82) is 0 Å². The molecule has 0 aromatic heterocycles. The van der Waals surface area contributed by atoms with Gasteiger partial charge in [-0.05, 0) is 12.1 Å². The zero-order valence-electron chi connectivity index (χ0n) is 14.1. The number of nitrogens with two attached hydrogens (primary N) is 1. The molecule has 0 spiro atoms. The topological polar surface area (TPSA) is 99.0 Å². The van der Waals surface area contributed by atoms with Crippen molar-refractivity contribution in [2.75, 3.05) is 52.4 Å².